The zero-order valence-electron chi connectivity index (χ0n) is 13.2. The highest BCUT2D eigenvalue weighted by Gasteiger charge is 2.53. The molecule has 2 fully saturated rings. The van der Waals surface area contributed by atoms with Crippen LogP contribution in [0.5, 0.6) is 0 Å². The molecule has 2 atom stereocenters. The molecule has 0 aromatic heterocycles. The summed E-state index contributed by atoms with van der Waals surface area (Å²) in [5.41, 5.74) is 1.56. The van der Waals surface area contributed by atoms with Gasteiger partial charge in [-0.2, -0.15) is 0 Å². The van der Waals surface area contributed by atoms with Gasteiger partial charge < -0.3 is 5.32 Å². The Labute approximate surface area is 135 Å². The second-order valence-electron chi connectivity index (χ2n) is 8.16. The van der Waals surface area contributed by atoms with Crippen LogP contribution >= 0.6 is 15.9 Å². The molecular weight excluding hydrogens is 329 g/mol. The van der Waals surface area contributed by atoms with Crippen molar-refractivity contribution in [3.8, 4) is 0 Å². The van der Waals surface area contributed by atoms with E-state index in [1.165, 1.54) is 25.3 Å². The van der Waals surface area contributed by atoms with Crippen molar-refractivity contribution >= 4 is 15.9 Å². The Bertz CT molecular complexity index is 525. The van der Waals surface area contributed by atoms with E-state index in [1.54, 1.807) is 0 Å². The maximum atomic E-state index is 13.8. The van der Waals surface area contributed by atoms with Crippen LogP contribution in [0.3, 0.4) is 0 Å². The van der Waals surface area contributed by atoms with Crippen molar-refractivity contribution in [1.29, 1.82) is 0 Å². The third-order valence-corrected chi connectivity index (χ3v) is 5.94. The molecule has 1 N–H and O–H groups in total. The quantitative estimate of drug-likeness (QED) is 0.808. The Balaban J connectivity index is 1.78. The van der Waals surface area contributed by atoms with Gasteiger partial charge in [-0.05, 0) is 91.3 Å². The van der Waals surface area contributed by atoms with Crippen LogP contribution in [0.4, 0.5) is 4.39 Å². The van der Waals surface area contributed by atoms with Gasteiger partial charge in [0, 0.05) is 12.1 Å². The first kappa shape index (κ1) is 15.5. The lowest BCUT2D eigenvalue weighted by Gasteiger charge is -2.35. The molecule has 0 saturated heterocycles. The third-order valence-electron chi connectivity index (χ3n) is 5.05. The maximum Gasteiger partial charge on any atom is 0.137 e. The number of benzene rings is 1. The fourth-order valence-corrected chi connectivity index (χ4v) is 4.30. The van der Waals surface area contributed by atoms with Gasteiger partial charge in [0.2, 0.25) is 0 Å². The van der Waals surface area contributed by atoms with Crippen molar-refractivity contribution in [1.82, 2.24) is 5.32 Å². The summed E-state index contributed by atoms with van der Waals surface area (Å²) in [6, 6.07) is 5.42. The summed E-state index contributed by atoms with van der Waals surface area (Å²) in [6.45, 7) is 7.68. The molecular formula is C18H25BrFN. The van der Waals surface area contributed by atoms with Crippen LogP contribution in [-0.4, -0.2) is 12.1 Å². The van der Waals surface area contributed by atoms with Crippen molar-refractivity contribution < 1.29 is 4.39 Å². The second-order valence-corrected chi connectivity index (χ2v) is 8.95. The number of hydrogen-bond acceptors (Lipinski definition) is 1. The summed E-state index contributed by atoms with van der Waals surface area (Å²) in [5.74, 6) is 1.72. The van der Waals surface area contributed by atoms with Crippen LogP contribution < -0.4 is 5.32 Å². The monoisotopic (exact) mass is 353 g/mol. The van der Waals surface area contributed by atoms with Crippen molar-refractivity contribution in [3.05, 3.63) is 34.1 Å². The van der Waals surface area contributed by atoms with Gasteiger partial charge in [0.15, 0.2) is 0 Å². The molecule has 2 aliphatic carbocycles. The van der Waals surface area contributed by atoms with E-state index < -0.39 is 0 Å². The molecule has 1 aromatic carbocycles. The predicted molar refractivity (Wildman–Crippen MR) is 88.8 cm³/mol. The van der Waals surface area contributed by atoms with Crippen LogP contribution in [0, 0.1) is 23.1 Å². The summed E-state index contributed by atoms with van der Waals surface area (Å²) in [7, 11) is 0. The average Bonchev–Trinajstić information content (AvgIpc) is 3.01. The highest BCUT2D eigenvalue weighted by molar-refractivity contribution is 9.10. The van der Waals surface area contributed by atoms with Gasteiger partial charge in [-0.3, -0.25) is 0 Å². The lowest BCUT2D eigenvalue weighted by atomic mass is 9.77. The van der Waals surface area contributed by atoms with Crippen LogP contribution in [0.1, 0.15) is 45.6 Å². The fraction of sp³-hybridized carbons (Fsp3) is 0.667. The van der Waals surface area contributed by atoms with Crippen molar-refractivity contribution in [2.45, 2.75) is 52.0 Å². The van der Waals surface area contributed by atoms with Crippen molar-refractivity contribution in [2.75, 3.05) is 6.54 Å². The van der Waals surface area contributed by atoms with Gasteiger partial charge in [0.1, 0.15) is 5.82 Å². The molecule has 2 unspecified atom stereocenters. The van der Waals surface area contributed by atoms with Crippen molar-refractivity contribution in [3.63, 3.8) is 0 Å². The molecule has 1 aromatic rings. The molecule has 116 valence electrons. The lowest BCUT2D eigenvalue weighted by molar-refractivity contribution is 0.221. The van der Waals surface area contributed by atoms with Gasteiger partial charge in [-0.15, -0.1) is 0 Å². The van der Waals surface area contributed by atoms with E-state index in [-0.39, 0.29) is 11.4 Å². The van der Waals surface area contributed by atoms with E-state index in [0.29, 0.717) is 9.89 Å². The Kier molecular flexibility index (Phi) is 3.94. The van der Waals surface area contributed by atoms with E-state index in [4.69, 9.17) is 0 Å². The predicted octanol–water partition coefficient (Wildman–Crippen LogP) is 4.94. The van der Waals surface area contributed by atoms with Crippen LogP contribution in [0.25, 0.3) is 0 Å². The number of rotatable bonds is 4. The standard InChI is InChI=1S/C18H25BrFN/c1-17(2,3)21-11-18(9-13-7-14(13)10-18)8-12-5-4-6-15(20)16(12)19/h4-6,13-14,21H,7-11H2,1-3H3. The molecule has 3 rings (SSSR count). The highest BCUT2D eigenvalue weighted by Crippen LogP contribution is 2.60. The Morgan fingerprint density at radius 2 is 1.95 bits per heavy atom. The number of hydrogen-bond donors (Lipinski definition) is 1. The Morgan fingerprint density at radius 1 is 1.29 bits per heavy atom. The highest BCUT2D eigenvalue weighted by atomic mass is 79.9. The average molecular weight is 354 g/mol. The van der Waals surface area contributed by atoms with Crippen LogP contribution in [0.2, 0.25) is 0 Å². The van der Waals surface area contributed by atoms with Gasteiger partial charge >= 0.3 is 0 Å². The van der Waals surface area contributed by atoms with Crippen LogP contribution in [-0.2, 0) is 6.42 Å². The molecule has 21 heavy (non-hydrogen) atoms. The topological polar surface area (TPSA) is 12.0 Å². The van der Waals surface area contributed by atoms with E-state index in [2.05, 4.69) is 48.1 Å². The summed E-state index contributed by atoms with van der Waals surface area (Å²) < 4.78 is 14.4. The Hall–Kier alpha value is -0.410. The zero-order valence-corrected chi connectivity index (χ0v) is 14.8. The SMILES string of the molecule is CC(C)(C)NCC1(Cc2cccc(F)c2Br)CC2CC2C1. The summed E-state index contributed by atoms with van der Waals surface area (Å²) in [6.07, 6.45) is 4.98. The van der Waals surface area contributed by atoms with E-state index in [1.807, 2.05) is 6.07 Å². The first-order valence-corrected chi connectivity index (χ1v) is 8.75. The first-order valence-electron chi connectivity index (χ1n) is 7.96. The molecule has 0 radical (unpaired) electrons. The number of halogens is 2. The third kappa shape index (κ3) is 3.50. The summed E-state index contributed by atoms with van der Waals surface area (Å²) in [5, 5.41) is 3.69. The van der Waals surface area contributed by atoms with E-state index >= 15 is 0 Å². The molecule has 0 spiro atoms. The normalized spacial score (nSPS) is 31.3. The molecule has 2 saturated carbocycles. The largest absolute Gasteiger partial charge is 0.312 e. The van der Waals surface area contributed by atoms with Gasteiger partial charge in [-0.25, -0.2) is 4.39 Å². The lowest BCUT2D eigenvalue weighted by Crippen LogP contribution is -2.44. The smallest absolute Gasteiger partial charge is 0.137 e. The second kappa shape index (κ2) is 5.34. The molecule has 3 heteroatoms. The maximum absolute atomic E-state index is 13.8. The molecule has 2 aliphatic rings. The molecule has 1 nitrogen and oxygen atoms in total. The fourth-order valence-electron chi connectivity index (χ4n) is 3.90. The minimum absolute atomic E-state index is 0.138. The minimum atomic E-state index is -0.144. The molecule has 0 bridgehead atoms. The van der Waals surface area contributed by atoms with E-state index in [0.717, 1.165) is 30.4 Å². The minimum Gasteiger partial charge on any atom is -0.312 e. The van der Waals surface area contributed by atoms with Crippen LogP contribution in [0.15, 0.2) is 22.7 Å². The number of fused-ring (bicyclic) bond motifs is 1. The molecule has 0 amide bonds. The number of nitrogens with one attached hydrogen (secondary N) is 1. The van der Waals surface area contributed by atoms with Gasteiger partial charge in [0.25, 0.3) is 0 Å². The van der Waals surface area contributed by atoms with Crippen molar-refractivity contribution in [2.24, 2.45) is 17.3 Å². The van der Waals surface area contributed by atoms with Gasteiger partial charge in [-0.1, -0.05) is 12.1 Å². The zero-order chi connectivity index (χ0) is 15.3. The Morgan fingerprint density at radius 3 is 2.57 bits per heavy atom. The first-order chi connectivity index (χ1) is 9.78. The molecule has 0 aliphatic heterocycles. The molecule has 0 heterocycles. The summed E-state index contributed by atoms with van der Waals surface area (Å²) >= 11 is 3.43. The summed E-state index contributed by atoms with van der Waals surface area (Å²) in [4.78, 5) is 0. The van der Waals surface area contributed by atoms with Gasteiger partial charge in [0.05, 0.1) is 4.47 Å². The van der Waals surface area contributed by atoms with E-state index in [9.17, 15) is 4.39 Å².